The highest BCUT2D eigenvalue weighted by molar-refractivity contribution is 9.10. The lowest BCUT2D eigenvalue weighted by molar-refractivity contribution is 0.0320. The highest BCUT2D eigenvalue weighted by atomic mass is 79.9. The second-order valence-corrected chi connectivity index (χ2v) is 9.39. The van der Waals surface area contributed by atoms with Crippen molar-refractivity contribution in [1.29, 1.82) is 0 Å². The Hall–Kier alpha value is -2.80. The lowest BCUT2D eigenvalue weighted by Gasteiger charge is -2.46. The van der Waals surface area contributed by atoms with Crippen molar-refractivity contribution in [3.8, 4) is 11.3 Å². The molecular formula is C24H26BrN5O. The lowest BCUT2D eigenvalue weighted by atomic mass is 9.76. The van der Waals surface area contributed by atoms with E-state index in [0.29, 0.717) is 18.1 Å². The minimum atomic E-state index is -0.0315. The lowest BCUT2D eigenvalue weighted by Crippen LogP contribution is -2.55. The second-order valence-electron chi connectivity index (χ2n) is 8.47. The van der Waals surface area contributed by atoms with E-state index in [1.165, 1.54) is 0 Å². The molecule has 1 N–H and O–H groups in total. The van der Waals surface area contributed by atoms with Gasteiger partial charge in [0.25, 0.3) is 5.91 Å². The molecule has 6 nitrogen and oxygen atoms in total. The molecule has 1 fully saturated rings. The number of benzene rings is 1. The number of pyridine rings is 1. The zero-order valence-corrected chi connectivity index (χ0v) is 19.3. The molecule has 0 aliphatic carbocycles. The summed E-state index contributed by atoms with van der Waals surface area (Å²) in [4.78, 5) is 28.9. The maximum absolute atomic E-state index is 13.8. The van der Waals surface area contributed by atoms with Gasteiger partial charge in [-0.1, -0.05) is 38.1 Å². The fourth-order valence-electron chi connectivity index (χ4n) is 4.24. The molecule has 1 aromatic carbocycles. The molecule has 1 atom stereocenters. The number of anilines is 1. The Labute approximate surface area is 191 Å². The molecule has 1 aliphatic heterocycles. The van der Waals surface area contributed by atoms with Gasteiger partial charge >= 0.3 is 0 Å². The molecule has 0 spiro atoms. The summed E-state index contributed by atoms with van der Waals surface area (Å²) in [5.41, 5.74) is 2.32. The van der Waals surface area contributed by atoms with Crippen molar-refractivity contribution in [3.63, 3.8) is 0 Å². The van der Waals surface area contributed by atoms with E-state index in [0.717, 1.165) is 35.1 Å². The van der Waals surface area contributed by atoms with E-state index in [1.807, 2.05) is 47.4 Å². The summed E-state index contributed by atoms with van der Waals surface area (Å²) in [6.45, 7) is 5.77. The van der Waals surface area contributed by atoms with Gasteiger partial charge in [-0.15, -0.1) is 0 Å². The average molecular weight is 480 g/mol. The Morgan fingerprint density at radius 3 is 2.61 bits per heavy atom. The largest absolute Gasteiger partial charge is 0.352 e. The van der Waals surface area contributed by atoms with E-state index in [1.54, 1.807) is 18.6 Å². The molecule has 0 radical (unpaired) electrons. The maximum atomic E-state index is 13.8. The number of halogens is 1. The normalized spacial score (nSPS) is 17.9. The summed E-state index contributed by atoms with van der Waals surface area (Å²) in [5.74, 6) is 0.600. The summed E-state index contributed by atoms with van der Waals surface area (Å²) in [6.07, 6.45) is 7.23. The van der Waals surface area contributed by atoms with Gasteiger partial charge in [-0.2, -0.15) is 0 Å². The van der Waals surface area contributed by atoms with Crippen molar-refractivity contribution in [2.24, 2.45) is 5.41 Å². The molecular weight excluding hydrogens is 454 g/mol. The van der Waals surface area contributed by atoms with Crippen LogP contribution in [0.25, 0.3) is 11.3 Å². The van der Waals surface area contributed by atoms with E-state index in [4.69, 9.17) is 0 Å². The van der Waals surface area contributed by atoms with Crippen molar-refractivity contribution < 1.29 is 4.79 Å². The molecule has 4 rings (SSSR count). The number of likely N-dealkylation sites (tertiary alicyclic amines) is 1. The first kappa shape index (κ1) is 21.4. The van der Waals surface area contributed by atoms with Crippen LogP contribution in [0.5, 0.6) is 0 Å². The zero-order valence-electron chi connectivity index (χ0n) is 17.8. The van der Waals surface area contributed by atoms with E-state index in [2.05, 4.69) is 50.0 Å². The number of rotatable bonds is 5. The second kappa shape index (κ2) is 9.14. The Morgan fingerprint density at radius 2 is 1.87 bits per heavy atom. The molecule has 1 saturated heterocycles. The van der Waals surface area contributed by atoms with Gasteiger partial charge in [0.2, 0.25) is 5.95 Å². The molecule has 0 bridgehead atoms. The first-order valence-electron chi connectivity index (χ1n) is 10.5. The highest BCUT2D eigenvalue weighted by Gasteiger charge is 2.40. The number of nitrogens with zero attached hydrogens (tertiary/aromatic N) is 4. The van der Waals surface area contributed by atoms with Crippen LogP contribution in [0.15, 0.2) is 65.5 Å². The minimum absolute atomic E-state index is 0.0118. The van der Waals surface area contributed by atoms with E-state index < -0.39 is 0 Å². The van der Waals surface area contributed by atoms with E-state index >= 15 is 0 Å². The van der Waals surface area contributed by atoms with Crippen molar-refractivity contribution in [3.05, 3.63) is 71.1 Å². The van der Waals surface area contributed by atoms with Gasteiger partial charge in [-0.3, -0.25) is 9.78 Å². The smallest absolute Gasteiger partial charge is 0.254 e. The summed E-state index contributed by atoms with van der Waals surface area (Å²) in [5, 5.41) is 3.33. The van der Waals surface area contributed by atoms with Gasteiger partial charge < -0.3 is 10.2 Å². The Bertz CT molecular complexity index is 1040. The number of carbonyl (C=O) groups excluding carboxylic acids is 1. The highest BCUT2D eigenvalue weighted by Crippen LogP contribution is 2.37. The first-order valence-corrected chi connectivity index (χ1v) is 11.3. The Balaban J connectivity index is 1.62. The fraction of sp³-hybridized carbons (Fsp3) is 0.333. The zero-order chi connectivity index (χ0) is 21.8. The molecule has 1 unspecified atom stereocenters. The summed E-state index contributed by atoms with van der Waals surface area (Å²) < 4.78 is 0.832. The van der Waals surface area contributed by atoms with Crippen molar-refractivity contribution >= 4 is 27.8 Å². The SMILES string of the molecule is CC1(C)CCCN(C(=O)c2ccccc2-c2ccccn2)C1CNc1ncc(Br)cn1. The fourth-order valence-corrected chi connectivity index (χ4v) is 4.44. The van der Waals surface area contributed by atoms with E-state index in [9.17, 15) is 4.79 Å². The third-order valence-electron chi connectivity index (χ3n) is 5.93. The standard InChI is InChI=1S/C24H26BrN5O/c1-24(2)11-7-13-30(21(24)16-29-23-27-14-17(25)15-28-23)22(31)19-9-4-3-8-18(19)20-10-5-6-12-26-20/h3-6,8-10,12,14-15,21H,7,11,13,16H2,1-2H3,(H,27,28,29). The van der Waals surface area contributed by atoms with Gasteiger partial charge in [-0.25, -0.2) is 9.97 Å². The minimum Gasteiger partial charge on any atom is -0.352 e. The van der Waals surface area contributed by atoms with Gasteiger partial charge in [0, 0.05) is 42.8 Å². The molecule has 160 valence electrons. The predicted octanol–water partition coefficient (Wildman–Crippen LogP) is 5.04. The molecule has 2 aromatic heterocycles. The molecule has 7 heteroatoms. The van der Waals surface area contributed by atoms with E-state index in [-0.39, 0.29) is 17.4 Å². The van der Waals surface area contributed by atoms with Crippen LogP contribution in [0, 0.1) is 5.41 Å². The van der Waals surface area contributed by atoms with Crippen LogP contribution in [0.1, 0.15) is 37.0 Å². The molecule has 31 heavy (non-hydrogen) atoms. The van der Waals surface area contributed by atoms with Crippen LogP contribution in [0.3, 0.4) is 0 Å². The van der Waals surface area contributed by atoms with Crippen LogP contribution < -0.4 is 5.32 Å². The first-order chi connectivity index (χ1) is 15.0. The van der Waals surface area contributed by atoms with Crippen LogP contribution in [0.4, 0.5) is 5.95 Å². The summed E-state index contributed by atoms with van der Waals surface area (Å²) >= 11 is 3.36. The van der Waals surface area contributed by atoms with Gasteiger partial charge in [0.15, 0.2) is 0 Å². The van der Waals surface area contributed by atoms with Gasteiger partial charge in [0.1, 0.15) is 0 Å². The average Bonchev–Trinajstić information content (AvgIpc) is 2.79. The third kappa shape index (κ3) is 4.77. The summed E-state index contributed by atoms with van der Waals surface area (Å²) in [6, 6.07) is 13.5. The monoisotopic (exact) mass is 479 g/mol. The number of nitrogens with one attached hydrogen (secondary N) is 1. The third-order valence-corrected chi connectivity index (χ3v) is 6.34. The molecule has 1 aliphatic rings. The number of hydrogen-bond donors (Lipinski definition) is 1. The molecule has 3 heterocycles. The number of carbonyl (C=O) groups is 1. The maximum Gasteiger partial charge on any atom is 0.254 e. The number of piperidine rings is 1. The Morgan fingerprint density at radius 1 is 1.13 bits per heavy atom. The molecule has 0 saturated carbocycles. The van der Waals surface area contributed by atoms with Crippen molar-refractivity contribution in [2.75, 3.05) is 18.4 Å². The molecule has 1 amide bonds. The van der Waals surface area contributed by atoms with Crippen LogP contribution in [-0.2, 0) is 0 Å². The predicted molar refractivity (Wildman–Crippen MR) is 126 cm³/mol. The van der Waals surface area contributed by atoms with Crippen molar-refractivity contribution in [1.82, 2.24) is 19.9 Å². The quantitative estimate of drug-likeness (QED) is 0.554. The van der Waals surface area contributed by atoms with Gasteiger partial charge in [0.05, 0.1) is 16.2 Å². The van der Waals surface area contributed by atoms with Crippen LogP contribution >= 0.6 is 15.9 Å². The molecule has 3 aromatic rings. The Kier molecular flexibility index (Phi) is 6.32. The number of hydrogen-bond acceptors (Lipinski definition) is 5. The van der Waals surface area contributed by atoms with Crippen molar-refractivity contribution in [2.45, 2.75) is 32.7 Å². The topological polar surface area (TPSA) is 71.0 Å². The van der Waals surface area contributed by atoms with Gasteiger partial charge in [-0.05, 0) is 52.4 Å². The summed E-state index contributed by atoms with van der Waals surface area (Å²) in [7, 11) is 0. The number of aromatic nitrogens is 3. The van der Waals surface area contributed by atoms with Crippen LogP contribution in [-0.4, -0.2) is 44.9 Å². The van der Waals surface area contributed by atoms with Crippen LogP contribution in [0.2, 0.25) is 0 Å². The number of amides is 1.